The molecule has 178 valence electrons. The predicted octanol–water partition coefficient (Wildman–Crippen LogP) is 5.59. The highest BCUT2D eigenvalue weighted by molar-refractivity contribution is 6.08. The lowest BCUT2D eigenvalue weighted by atomic mass is 10.1. The molecular weight excluding hydrogens is 446 g/mol. The fraction of sp³-hybridized carbons (Fsp3) is 0.200. The number of ether oxygens (including phenoxy) is 3. The number of alkyl halides is 2. The summed E-state index contributed by atoms with van der Waals surface area (Å²) in [7, 11) is 0. The minimum Gasteiger partial charge on any atom is -0.492 e. The standard InChI is InChI=1S/C25H24F2N2O5/c1-3-32-21-15-19(29-24(31)17-12-8-9-13-20(17)34-25(26)27)22(33-4-2)14-18(21)28-23(30)16-10-6-5-7-11-16/h5-15,25H,3-4H2,1-2H3,(H,28,30)(H,29,31). The van der Waals surface area contributed by atoms with E-state index in [9.17, 15) is 18.4 Å². The Bertz CT molecular complexity index is 1140. The number of hydrogen-bond donors (Lipinski definition) is 2. The summed E-state index contributed by atoms with van der Waals surface area (Å²) in [5.74, 6) is -0.734. The lowest BCUT2D eigenvalue weighted by Gasteiger charge is -2.18. The van der Waals surface area contributed by atoms with Crippen LogP contribution in [0.25, 0.3) is 0 Å². The van der Waals surface area contributed by atoms with E-state index in [-0.39, 0.29) is 35.3 Å². The van der Waals surface area contributed by atoms with Gasteiger partial charge >= 0.3 is 6.61 Å². The molecule has 0 aliphatic carbocycles. The average molecular weight is 470 g/mol. The van der Waals surface area contributed by atoms with Gasteiger partial charge in [-0.15, -0.1) is 0 Å². The van der Waals surface area contributed by atoms with Crippen molar-refractivity contribution in [2.75, 3.05) is 23.8 Å². The van der Waals surface area contributed by atoms with Gasteiger partial charge in [0.1, 0.15) is 17.2 Å². The summed E-state index contributed by atoms with van der Waals surface area (Å²) in [6.07, 6.45) is 0. The zero-order valence-corrected chi connectivity index (χ0v) is 18.6. The van der Waals surface area contributed by atoms with E-state index in [0.717, 1.165) is 0 Å². The van der Waals surface area contributed by atoms with Crippen molar-refractivity contribution in [3.8, 4) is 17.2 Å². The molecule has 34 heavy (non-hydrogen) atoms. The monoisotopic (exact) mass is 470 g/mol. The molecule has 0 aliphatic rings. The van der Waals surface area contributed by atoms with Gasteiger partial charge < -0.3 is 24.8 Å². The van der Waals surface area contributed by atoms with Crippen LogP contribution in [0.4, 0.5) is 20.2 Å². The van der Waals surface area contributed by atoms with Crippen LogP contribution >= 0.6 is 0 Å². The van der Waals surface area contributed by atoms with Gasteiger partial charge in [0.05, 0.1) is 30.2 Å². The van der Waals surface area contributed by atoms with Crippen molar-refractivity contribution in [2.45, 2.75) is 20.5 Å². The normalized spacial score (nSPS) is 10.5. The summed E-state index contributed by atoms with van der Waals surface area (Å²) in [5.41, 5.74) is 0.957. The Morgan fingerprint density at radius 3 is 1.85 bits per heavy atom. The Morgan fingerprint density at radius 2 is 1.29 bits per heavy atom. The van der Waals surface area contributed by atoms with Crippen molar-refractivity contribution in [3.63, 3.8) is 0 Å². The average Bonchev–Trinajstić information content (AvgIpc) is 2.82. The molecule has 0 aliphatic heterocycles. The molecule has 3 rings (SSSR count). The number of carbonyl (C=O) groups excluding carboxylic acids is 2. The van der Waals surface area contributed by atoms with E-state index in [0.29, 0.717) is 23.6 Å². The van der Waals surface area contributed by atoms with Gasteiger partial charge in [-0.05, 0) is 38.1 Å². The van der Waals surface area contributed by atoms with Crippen LogP contribution in [-0.2, 0) is 0 Å². The van der Waals surface area contributed by atoms with Crippen LogP contribution in [0, 0.1) is 0 Å². The Morgan fingerprint density at radius 1 is 0.765 bits per heavy atom. The Labute approximate surface area is 195 Å². The largest absolute Gasteiger partial charge is 0.492 e. The molecule has 9 heteroatoms. The molecule has 0 saturated heterocycles. The maximum absolute atomic E-state index is 12.9. The van der Waals surface area contributed by atoms with Gasteiger partial charge in [-0.1, -0.05) is 30.3 Å². The third-order valence-electron chi connectivity index (χ3n) is 4.56. The highest BCUT2D eigenvalue weighted by atomic mass is 19.3. The number of halogens is 2. The number of nitrogens with one attached hydrogen (secondary N) is 2. The molecule has 0 atom stereocenters. The van der Waals surface area contributed by atoms with E-state index in [1.165, 1.54) is 36.4 Å². The Kier molecular flexibility index (Phi) is 8.39. The van der Waals surface area contributed by atoms with Crippen LogP contribution in [0.1, 0.15) is 34.6 Å². The number of benzene rings is 3. The molecule has 0 radical (unpaired) electrons. The van der Waals surface area contributed by atoms with Gasteiger partial charge in [0.2, 0.25) is 0 Å². The first kappa shape index (κ1) is 24.5. The lowest BCUT2D eigenvalue weighted by molar-refractivity contribution is -0.0501. The molecule has 0 fully saturated rings. The third kappa shape index (κ3) is 6.22. The number of carbonyl (C=O) groups is 2. The Balaban J connectivity index is 1.94. The summed E-state index contributed by atoms with van der Waals surface area (Å²) < 4.78 is 41.3. The van der Waals surface area contributed by atoms with Crippen molar-refractivity contribution in [1.82, 2.24) is 0 Å². The van der Waals surface area contributed by atoms with E-state index in [4.69, 9.17) is 9.47 Å². The fourth-order valence-electron chi connectivity index (χ4n) is 3.13. The van der Waals surface area contributed by atoms with E-state index < -0.39 is 12.5 Å². The first-order valence-electron chi connectivity index (χ1n) is 10.6. The van der Waals surface area contributed by atoms with Crippen LogP contribution in [0.5, 0.6) is 17.2 Å². The molecule has 2 N–H and O–H groups in total. The van der Waals surface area contributed by atoms with Gasteiger partial charge in [0.25, 0.3) is 11.8 Å². The summed E-state index contributed by atoms with van der Waals surface area (Å²) in [6, 6.07) is 17.3. The maximum atomic E-state index is 12.9. The maximum Gasteiger partial charge on any atom is 0.387 e. The second-order valence-corrected chi connectivity index (χ2v) is 6.86. The predicted molar refractivity (Wildman–Crippen MR) is 124 cm³/mol. The zero-order chi connectivity index (χ0) is 24.5. The molecule has 0 aromatic heterocycles. The first-order chi connectivity index (χ1) is 16.4. The summed E-state index contributed by atoms with van der Waals surface area (Å²) in [4.78, 5) is 25.5. The van der Waals surface area contributed by atoms with E-state index >= 15 is 0 Å². The number of rotatable bonds is 10. The number of amides is 2. The molecule has 0 heterocycles. The number of hydrogen-bond acceptors (Lipinski definition) is 5. The second kappa shape index (κ2) is 11.6. The molecule has 0 bridgehead atoms. The number of anilines is 2. The number of para-hydroxylation sites is 1. The van der Waals surface area contributed by atoms with Crippen LogP contribution < -0.4 is 24.8 Å². The first-order valence-corrected chi connectivity index (χ1v) is 10.6. The molecular formula is C25H24F2N2O5. The fourth-order valence-corrected chi connectivity index (χ4v) is 3.13. The van der Waals surface area contributed by atoms with Crippen molar-refractivity contribution in [3.05, 3.63) is 77.9 Å². The van der Waals surface area contributed by atoms with Gasteiger partial charge in [0, 0.05) is 17.7 Å². The van der Waals surface area contributed by atoms with Crippen molar-refractivity contribution in [1.29, 1.82) is 0 Å². The quantitative estimate of drug-likeness (QED) is 0.403. The van der Waals surface area contributed by atoms with E-state index in [1.807, 2.05) is 0 Å². The van der Waals surface area contributed by atoms with Gasteiger partial charge in [-0.2, -0.15) is 8.78 Å². The van der Waals surface area contributed by atoms with Crippen molar-refractivity contribution >= 4 is 23.2 Å². The molecule has 0 saturated carbocycles. The van der Waals surface area contributed by atoms with Crippen LogP contribution in [0.2, 0.25) is 0 Å². The molecule has 0 spiro atoms. The summed E-state index contributed by atoms with van der Waals surface area (Å²) >= 11 is 0. The molecule has 3 aromatic carbocycles. The van der Waals surface area contributed by atoms with Crippen LogP contribution in [0.15, 0.2) is 66.7 Å². The van der Waals surface area contributed by atoms with Crippen molar-refractivity contribution in [2.24, 2.45) is 0 Å². The lowest BCUT2D eigenvalue weighted by Crippen LogP contribution is -2.17. The molecule has 3 aromatic rings. The van der Waals surface area contributed by atoms with Gasteiger partial charge in [0.15, 0.2) is 0 Å². The van der Waals surface area contributed by atoms with Crippen molar-refractivity contribution < 1.29 is 32.6 Å². The summed E-state index contributed by atoms with van der Waals surface area (Å²) in [6.45, 7) is 1.02. The smallest absolute Gasteiger partial charge is 0.387 e. The van der Waals surface area contributed by atoms with Gasteiger partial charge in [-0.25, -0.2) is 0 Å². The Hall–Kier alpha value is -4.14. The van der Waals surface area contributed by atoms with E-state index in [1.54, 1.807) is 44.2 Å². The summed E-state index contributed by atoms with van der Waals surface area (Å²) in [5, 5.41) is 5.45. The highest BCUT2D eigenvalue weighted by Crippen LogP contribution is 2.38. The second-order valence-electron chi connectivity index (χ2n) is 6.86. The molecule has 7 nitrogen and oxygen atoms in total. The topological polar surface area (TPSA) is 85.9 Å². The minimum absolute atomic E-state index is 0.0790. The molecule has 0 unspecified atom stereocenters. The SMILES string of the molecule is CCOc1cc(NC(=O)c2ccccc2OC(F)F)c(OCC)cc1NC(=O)c1ccccc1. The zero-order valence-electron chi connectivity index (χ0n) is 18.6. The highest BCUT2D eigenvalue weighted by Gasteiger charge is 2.20. The third-order valence-corrected chi connectivity index (χ3v) is 4.56. The van der Waals surface area contributed by atoms with E-state index in [2.05, 4.69) is 15.4 Å². The van der Waals surface area contributed by atoms with Gasteiger partial charge in [-0.3, -0.25) is 9.59 Å². The van der Waals surface area contributed by atoms with Crippen LogP contribution in [-0.4, -0.2) is 31.6 Å². The molecule has 2 amide bonds. The van der Waals surface area contributed by atoms with Crippen LogP contribution in [0.3, 0.4) is 0 Å². The minimum atomic E-state index is -3.08.